The van der Waals surface area contributed by atoms with E-state index in [1.54, 1.807) is 67.0 Å². The lowest BCUT2D eigenvalue weighted by molar-refractivity contribution is 0.939. The Morgan fingerprint density at radius 3 is 1.05 bits per heavy atom. The topological polar surface area (TPSA) is 355 Å². The second kappa shape index (κ2) is 42.2. The molecule has 10 aromatic rings. The molecule has 0 fully saturated rings. The van der Waals surface area contributed by atoms with Crippen LogP contribution >= 0.6 is 117 Å². The maximum Gasteiger partial charge on any atom is 0.252 e. The summed E-state index contributed by atoms with van der Waals surface area (Å²) < 4.78 is 0.359. The van der Waals surface area contributed by atoms with E-state index in [4.69, 9.17) is 86.9 Å². The molecule has 94 heavy (non-hydrogen) atoms. The van der Waals surface area contributed by atoms with Crippen molar-refractivity contribution < 1.29 is 0 Å². The number of anilines is 7. The number of hydrogen-bond donors (Lipinski definition) is 13. The van der Waals surface area contributed by atoms with Crippen molar-refractivity contribution in [1.82, 2.24) is 60.5 Å². The largest absolute Gasteiger partial charge is 0.399 e. The molecule has 0 saturated heterocycles. The molecule has 7 heterocycles. The number of aromatic nitrogens is 10. The second-order valence-electron chi connectivity index (χ2n) is 17.6. The van der Waals surface area contributed by atoms with Crippen molar-refractivity contribution in [3.63, 3.8) is 0 Å². The molecule has 488 valence electrons. The number of H-pyrrole nitrogens is 6. The molecule has 0 amide bonds. The zero-order chi connectivity index (χ0) is 68.0. The van der Waals surface area contributed by atoms with Crippen molar-refractivity contribution in [3.05, 3.63) is 289 Å². The Morgan fingerprint density at radius 1 is 0.436 bits per heavy atom. The number of nitrogens with two attached hydrogens (primary N) is 1. The third-order valence-electron chi connectivity index (χ3n) is 10.4. The lowest BCUT2D eigenvalue weighted by Crippen LogP contribution is -2.30. The molecule has 0 spiro atoms. The van der Waals surface area contributed by atoms with Crippen LogP contribution in [-0.2, 0) is 0 Å². The van der Waals surface area contributed by atoms with Gasteiger partial charge in [0.2, 0.25) is 23.8 Å². The molecule has 34 heteroatoms. The molecule has 2 unspecified atom stereocenters. The van der Waals surface area contributed by atoms with Gasteiger partial charge in [-0.05, 0) is 128 Å². The number of nitrogen functional groups attached to an aromatic ring is 1. The number of benzene rings is 5. The van der Waals surface area contributed by atoms with Crippen LogP contribution in [0.1, 0.15) is 0 Å². The Kier molecular flexibility index (Phi) is 33.9. The van der Waals surface area contributed by atoms with E-state index in [9.17, 15) is 24.0 Å². The van der Waals surface area contributed by atoms with Gasteiger partial charge in [0.1, 0.15) is 11.0 Å². The fraction of sp³-hybridized carbons (Fsp3) is 0.0667. The van der Waals surface area contributed by atoms with E-state index in [2.05, 4.69) is 104 Å². The van der Waals surface area contributed by atoms with E-state index >= 15 is 0 Å². The van der Waals surface area contributed by atoms with Crippen molar-refractivity contribution >= 4 is 169 Å². The van der Waals surface area contributed by atoms with Gasteiger partial charge in [-0.15, -0.1) is 0 Å². The summed E-state index contributed by atoms with van der Waals surface area (Å²) in [5.41, 5.74) is 7.94. The molecule has 12 rings (SSSR count). The normalized spacial score (nSPS) is 12.7. The van der Waals surface area contributed by atoms with Crippen LogP contribution in [0.5, 0.6) is 0 Å². The first-order valence-corrected chi connectivity index (χ1v) is 32.3. The quantitative estimate of drug-likeness (QED) is 0.0168. The van der Waals surface area contributed by atoms with Gasteiger partial charge in [-0.2, -0.15) is 0 Å². The predicted molar refractivity (Wildman–Crippen MR) is 389 cm³/mol. The third kappa shape index (κ3) is 32.4. The highest BCUT2D eigenvalue weighted by atomic mass is 35.5. The first kappa shape index (κ1) is 75.6. The number of aliphatic imine (C=N–C) groups is 2. The second-order valence-corrected chi connectivity index (χ2v) is 22.6. The van der Waals surface area contributed by atoms with Crippen LogP contribution in [0.15, 0.2) is 251 Å². The van der Waals surface area contributed by atoms with Gasteiger partial charge < -0.3 is 52.6 Å². The van der Waals surface area contributed by atoms with Gasteiger partial charge in [-0.1, -0.05) is 135 Å². The number of aromatic amines is 6. The highest BCUT2D eigenvalue weighted by molar-refractivity contribution is 7.98. The lowest BCUT2D eigenvalue weighted by atomic mass is 10.3. The van der Waals surface area contributed by atoms with E-state index in [0.717, 1.165) is 22.7 Å². The number of thioether (sulfide) groups is 2. The Hall–Kier alpha value is -9.13. The summed E-state index contributed by atoms with van der Waals surface area (Å²) >= 11 is 48.0. The van der Waals surface area contributed by atoms with E-state index in [1.807, 2.05) is 91.4 Å². The first-order valence-electron chi connectivity index (χ1n) is 26.7. The minimum atomic E-state index is -0.326. The Balaban J connectivity index is 0.000000197. The summed E-state index contributed by atoms with van der Waals surface area (Å²) in [5.74, 6) is 2.01. The fourth-order valence-electron chi connectivity index (χ4n) is 6.44. The summed E-state index contributed by atoms with van der Waals surface area (Å²) in [7, 11) is 0. The van der Waals surface area contributed by atoms with Crippen LogP contribution in [0.2, 0.25) is 25.1 Å². The molecule has 14 N–H and O–H groups in total. The Bertz CT molecular complexity index is 4230. The third-order valence-corrected chi connectivity index (χ3v) is 13.4. The van der Waals surface area contributed by atoms with Crippen molar-refractivity contribution in [3.8, 4) is 0 Å². The zero-order valence-corrected chi connectivity index (χ0v) is 56.7. The number of nitrogens with one attached hydrogen (secondary N) is 12. The predicted octanol–water partition coefficient (Wildman–Crippen LogP) is 13.3. The number of nitrogens with zero attached hydrogens (tertiary/aromatic N) is 6. The molecule has 0 bridgehead atoms. The van der Waals surface area contributed by atoms with Crippen LogP contribution in [0.3, 0.4) is 0 Å². The Morgan fingerprint density at radius 2 is 0.777 bits per heavy atom. The SMILES string of the molecule is CSc1nccc(=O)[nH]1.CSc1nccc(=O)[nH]1.Clc1cccc(NC2=NC(Cl)C=CN2)c1.Clc1cccc(NC2=NC(Cl)C=CN2)c1.Nc1cccc(Cl)c1.O=c1cc[nH]c(=S)[nH]1.O=c1ccnc(Nc2cccc(Cl)c2)[nH]1.O=c1ccnc(Nc2cccc(Cl)c2)[nH]1. The van der Waals surface area contributed by atoms with Crippen molar-refractivity contribution in [2.75, 3.05) is 39.5 Å². The molecule has 2 aliphatic rings. The maximum atomic E-state index is 11.0. The van der Waals surface area contributed by atoms with Gasteiger partial charge in [0, 0.05) is 127 Å². The summed E-state index contributed by atoms with van der Waals surface area (Å²) in [5, 5.41) is 22.5. The molecule has 0 aliphatic carbocycles. The van der Waals surface area contributed by atoms with Crippen LogP contribution in [0, 0.1) is 4.77 Å². The van der Waals surface area contributed by atoms with Crippen LogP contribution in [0.25, 0.3) is 0 Å². The highest BCUT2D eigenvalue weighted by Gasteiger charge is 2.08. The molecule has 2 atom stereocenters. The van der Waals surface area contributed by atoms with Gasteiger partial charge in [0.15, 0.2) is 15.1 Å². The molecular formula is C60H56Cl7N19O5S3. The monoisotopic (exact) mass is 1460 g/mol. The van der Waals surface area contributed by atoms with E-state index in [1.165, 1.54) is 84.8 Å². The van der Waals surface area contributed by atoms with Gasteiger partial charge in [0.05, 0.1) is 0 Å². The minimum absolute atomic E-state index is 0.102. The van der Waals surface area contributed by atoms with Crippen LogP contribution < -0.4 is 65.4 Å². The average molecular weight is 1470 g/mol. The average Bonchev–Trinajstić information content (AvgIpc) is 1.58. The smallest absolute Gasteiger partial charge is 0.252 e. The molecule has 0 saturated carbocycles. The number of rotatable bonds is 8. The summed E-state index contributed by atoms with van der Waals surface area (Å²) in [6.45, 7) is 0. The van der Waals surface area contributed by atoms with Gasteiger partial charge in [-0.3, -0.25) is 38.9 Å². The van der Waals surface area contributed by atoms with E-state index < -0.39 is 0 Å². The van der Waals surface area contributed by atoms with Gasteiger partial charge in [0.25, 0.3) is 27.8 Å². The van der Waals surface area contributed by atoms with Crippen molar-refractivity contribution in [1.29, 1.82) is 0 Å². The maximum absolute atomic E-state index is 11.0. The zero-order valence-electron chi connectivity index (χ0n) is 49.0. The molecule has 24 nitrogen and oxygen atoms in total. The number of guanidine groups is 2. The standard InChI is InChI=1S/2C10H9Cl2N3.2C10H8ClN3O.C6H6ClN.2C5H6N2OS.C4H4N2OS/c2*11-7-2-1-3-8(6-7)14-10-13-5-4-9(12)15-10;2*11-7-2-1-3-8(6-7)13-10-12-5-4-9(15)14-10;7-5-2-1-3-6(8)4-5;2*1-9-5-6-3-2-4(8)7-5;7-3-1-2-5-4(8)6-3/h2*1-6,9H,(H2,13,14,15);2*1-6H,(H2,12,13,14,15);1-4H,8H2;2*2-3H,1H3,(H,6,7,8);1-2H,(H2,5,6,7,8). The number of hydrogen-bond acceptors (Lipinski definition) is 21. The van der Waals surface area contributed by atoms with E-state index in [-0.39, 0.29) is 38.8 Å². The van der Waals surface area contributed by atoms with Crippen LogP contribution in [-0.4, -0.2) is 85.3 Å². The number of alkyl halides is 2. The van der Waals surface area contributed by atoms with Gasteiger partial charge in [-0.25, -0.2) is 29.9 Å². The lowest BCUT2D eigenvalue weighted by Gasteiger charge is -2.14. The molecular weight excluding hydrogens is 1410 g/mol. The molecule has 2 aliphatic heterocycles. The number of halogens is 7. The fourth-order valence-corrected chi connectivity index (χ4v) is 8.64. The van der Waals surface area contributed by atoms with E-state index in [0.29, 0.717) is 69.7 Å². The Labute approximate surface area is 584 Å². The molecule has 5 aromatic heterocycles. The summed E-state index contributed by atoms with van der Waals surface area (Å²) in [4.78, 5) is 92.5. The highest BCUT2D eigenvalue weighted by Crippen LogP contribution is 2.20. The summed E-state index contributed by atoms with van der Waals surface area (Å²) in [6.07, 6.45) is 18.1. The van der Waals surface area contributed by atoms with Crippen LogP contribution in [0.4, 0.5) is 40.3 Å². The summed E-state index contributed by atoms with van der Waals surface area (Å²) in [6, 6.07) is 43.1. The van der Waals surface area contributed by atoms with Crippen molar-refractivity contribution in [2.45, 2.75) is 21.3 Å². The molecule has 5 aromatic carbocycles. The minimum Gasteiger partial charge on any atom is -0.399 e. The van der Waals surface area contributed by atoms with Gasteiger partial charge >= 0.3 is 0 Å². The molecule has 0 radical (unpaired) electrons. The van der Waals surface area contributed by atoms with Crippen molar-refractivity contribution in [2.24, 2.45) is 9.98 Å². The first-order chi connectivity index (χ1) is 45.2.